The van der Waals surface area contributed by atoms with Crippen LogP contribution in [-0.4, -0.2) is 37.0 Å². The van der Waals surface area contributed by atoms with E-state index < -0.39 is 47.4 Å². The second-order valence-electron chi connectivity index (χ2n) is 5.87. The van der Waals surface area contributed by atoms with Crippen LogP contribution < -0.4 is 64.2 Å². The van der Waals surface area contributed by atoms with Gasteiger partial charge in [-0.1, -0.05) is 23.9 Å². The SMILES string of the molecule is O=C(O)c1ccccc1N=Nc1c(S(=O)(=O)[O-])cc2cc(S(=O)(=O)[O-])ccc2c1[O-].[Na+].[Na+]. The van der Waals surface area contributed by atoms with E-state index in [4.69, 9.17) is 5.11 Å². The molecule has 0 radical (unpaired) electrons. The molecule has 0 unspecified atom stereocenters. The number of hydrogen-bond acceptors (Lipinski definition) is 10. The molecule has 0 bridgehead atoms. The minimum absolute atomic E-state index is 0. The first-order valence-electron chi connectivity index (χ1n) is 7.83. The number of carboxylic acids is 1. The molecule has 32 heavy (non-hydrogen) atoms. The van der Waals surface area contributed by atoms with Crippen LogP contribution in [0.3, 0.4) is 0 Å². The number of azo groups is 1. The third-order valence-corrected chi connectivity index (χ3v) is 5.63. The molecule has 1 N–H and O–H groups in total. The van der Waals surface area contributed by atoms with Crippen LogP contribution in [0.5, 0.6) is 5.75 Å². The summed E-state index contributed by atoms with van der Waals surface area (Å²) in [6.45, 7) is 0. The summed E-state index contributed by atoms with van der Waals surface area (Å²) in [4.78, 5) is 9.40. The molecule has 156 valence electrons. The molecule has 0 fully saturated rings. The standard InChI is InChI=1S/C17H12N2O9S2.2Na/c20-16-11-6-5-10(29(23,24)25)7-9(11)8-14(30(26,27)28)15(16)19-18-13-4-2-1-3-12(13)17(21)22;;/h1-8,20H,(H,21,22)(H,23,24,25)(H,26,27,28);;/q;2*+1/p-3. The second-order valence-corrected chi connectivity index (χ2v) is 8.59. The maximum absolute atomic E-state index is 12.7. The Kier molecular flexibility index (Phi) is 9.57. The van der Waals surface area contributed by atoms with E-state index in [-0.39, 0.29) is 81.1 Å². The first-order valence-corrected chi connectivity index (χ1v) is 10.6. The molecule has 3 aromatic rings. The summed E-state index contributed by atoms with van der Waals surface area (Å²) in [5.74, 6) is -2.43. The number of hydrogen-bond donors (Lipinski definition) is 1. The van der Waals surface area contributed by atoms with E-state index in [1.807, 2.05) is 0 Å². The van der Waals surface area contributed by atoms with E-state index in [1.165, 1.54) is 24.3 Å². The van der Waals surface area contributed by atoms with Crippen molar-refractivity contribution in [1.29, 1.82) is 0 Å². The quantitative estimate of drug-likeness (QED) is 0.207. The third kappa shape index (κ3) is 6.14. The first-order chi connectivity index (χ1) is 13.9. The van der Waals surface area contributed by atoms with Crippen molar-refractivity contribution in [3.8, 4) is 5.75 Å². The second kappa shape index (κ2) is 10.7. The minimum Gasteiger partial charge on any atom is -0.871 e. The van der Waals surface area contributed by atoms with E-state index in [1.54, 1.807) is 0 Å². The number of carbonyl (C=O) groups is 1. The van der Waals surface area contributed by atoms with Gasteiger partial charge in [-0.05, 0) is 41.1 Å². The predicted octanol–water partition coefficient (Wildman–Crippen LogP) is -4.16. The van der Waals surface area contributed by atoms with Gasteiger partial charge in [-0.25, -0.2) is 21.6 Å². The summed E-state index contributed by atoms with van der Waals surface area (Å²) in [6, 6.07) is 8.55. The molecule has 0 aliphatic carbocycles. The first kappa shape index (κ1) is 28.6. The number of aromatic carboxylic acids is 1. The molecule has 0 aliphatic heterocycles. The van der Waals surface area contributed by atoms with E-state index in [0.29, 0.717) is 6.07 Å². The average molecular weight is 495 g/mol. The Bertz CT molecular complexity index is 1440. The zero-order chi connectivity index (χ0) is 22.3. The van der Waals surface area contributed by atoms with Gasteiger partial charge >= 0.3 is 65.1 Å². The summed E-state index contributed by atoms with van der Waals surface area (Å²) in [6.07, 6.45) is 0. The van der Waals surface area contributed by atoms with Crippen molar-refractivity contribution in [2.75, 3.05) is 0 Å². The molecule has 0 spiro atoms. The number of rotatable bonds is 5. The van der Waals surface area contributed by atoms with Crippen molar-refractivity contribution >= 4 is 48.4 Å². The van der Waals surface area contributed by atoms with Gasteiger partial charge in [-0.2, -0.15) is 0 Å². The van der Waals surface area contributed by atoms with Crippen molar-refractivity contribution in [3.05, 3.63) is 54.1 Å². The van der Waals surface area contributed by atoms with E-state index in [9.17, 15) is 35.8 Å². The summed E-state index contributed by atoms with van der Waals surface area (Å²) >= 11 is 0. The van der Waals surface area contributed by atoms with Crippen molar-refractivity contribution in [3.63, 3.8) is 0 Å². The fourth-order valence-electron chi connectivity index (χ4n) is 2.60. The van der Waals surface area contributed by atoms with Crippen molar-refractivity contribution in [2.45, 2.75) is 9.79 Å². The van der Waals surface area contributed by atoms with E-state index >= 15 is 0 Å². The number of carboxylic acid groups (broad SMARTS) is 1. The fraction of sp³-hybridized carbons (Fsp3) is 0. The number of fused-ring (bicyclic) bond motifs is 1. The Morgan fingerprint density at radius 3 is 2.06 bits per heavy atom. The van der Waals surface area contributed by atoms with Gasteiger partial charge < -0.3 is 19.3 Å². The molecule has 0 saturated heterocycles. The largest absolute Gasteiger partial charge is 1.00 e. The van der Waals surface area contributed by atoms with Gasteiger partial charge in [-0.3, -0.25) is 0 Å². The van der Waals surface area contributed by atoms with Crippen molar-refractivity contribution in [1.82, 2.24) is 0 Å². The van der Waals surface area contributed by atoms with Crippen LogP contribution in [0.4, 0.5) is 11.4 Å². The molecule has 0 aromatic heterocycles. The minimum atomic E-state index is -5.27. The van der Waals surface area contributed by atoms with Gasteiger partial charge in [0.15, 0.2) is 0 Å². The van der Waals surface area contributed by atoms with Gasteiger partial charge in [0, 0.05) is 0 Å². The van der Waals surface area contributed by atoms with Crippen molar-refractivity contribution in [2.24, 2.45) is 10.2 Å². The summed E-state index contributed by atoms with van der Waals surface area (Å²) < 4.78 is 68.4. The Labute approximate surface area is 226 Å². The summed E-state index contributed by atoms with van der Waals surface area (Å²) in [5.41, 5.74) is -1.37. The molecule has 0 amide bonds. The zero-order valence-electron chi connectivity index (χ0n) is 16.5. The van der Waals surface area contributed by atoms with Crippen LogP contribution in [0.1, 0.15) is 10.4 Å². The Morgan fingerprint density at radius 2 is 1.50 bits per heavy atom. The van der Waals surface area contributed by atoms with E-state index in [0.717, 1.165) is 18.2 Å². The molecule has 0 saturated carbocycles. The van der Waals surface area contributed by atoms with Crippen LogP contribution >= 0.6 is 0 Å². The smallest absolute Gasteiger partial charge is 0.871 e. The predicted molar refractivity (Wildman–Crippen MR) is 96.9 cm³/mol. The number of benzene rings is 3. The molecule has 0 heterocycles. The maximum atomic E-state index is 12.7. The molecular weight excluding hydrogens is 486 g/mol. The van der Waals surface area contributed by atoms with Crippen LogP contribution in [0.2, 0.25) is 0 Å². The maximum Gasteiger partial charge on any atom is 1.00 e. The van der Waals surface area contributed by atoms with Gasteiger partial charge in [0.05, 0.1) is 21.0 Å². The molecule has 3 aromatic carbocycles. The molecular formula is C17H9N2Na2O9S2-. The molecule has 15 heteroatoms. The Morgan fingerprint density at radius 1 is 0.875 bits per heavy atom. The molecule has 3 rings (SSSR count). The normalized spacial score (nSPS) is 11.7. The average Bonchev–Trinajstić information content (AvgIpc) is 2.65. The monoisotopic (exact) mass is 495 g/mol. The topological polar surface area (TPSA) is 199 Å². The van der Waals surface area contributed by atoms with Gasteiger partial charge in [0.25, 0.3) is 0 Å². The van der Waals surface area contributed by atoms with Crippen LogP contribution in [-0.2, 0) is 20.2 Å². The molecule has 0 aliphatic rings. The summed E-state index contributed by atoms with van der Waals surface area (Å²) in [7, 11) is -10.2. The van der Waals surface area contributed by atoms with Gasteiger partial charge in [0.2, 0.25) is 0 Å². The van der Waals surface area contributed by atoms with E-state index in [2.05, 4.69) is 10.2 Å². The summed E-state index contributed by atoms with van der Waals surface area (Å²) in [5, 5.41) is 28.4. The third-order valence-electron chi connectivity index (χ3n) is 3.95. The zero-order valence-corrected chi connectivity index (χ0v) is 22.2. The van der Waals surface area contributed by atoms with Crippen LogP contribution in [0.25, 0.3) is 10.8 Å². The molecule has 0 atom stereocenters. The van der Waals surface area contributed by atoms with Crippen molar-refractivity contribution < 1.29 is 100 Å². The molecule has 11 nitrogen and oxygen atoms in total. The Balaban J connectivity index is 0.00000256. The van der Waals surface area contributed by atoms with Gasteiger partial charge in [-0.15, -0.1) is 10.2 Å². The Hall–Kier alpha value is -1.39. The fourth-order valence-corrected chi connectivity index (χ4v) is 3.75. The number of nitrogens with zero attached hydrogens (tertiary/aromatic N) is 2. The van der Waals surface area contributed by atoms with Crippen LogP contribution in [0.15, 0.2) is 68.6 Å². The van der Waals surface area contributed by atoms with Gasteiger partial charge in [0.1, 0.15) is 25.9 Å². The van der Waals surface area contributed by atoms with Crippen LogP contribution in [0, 0.1) is 0 Å².